The number of fused-ring (bicyclic) bond motifs is 4. The summed E-state index contributed by atoms with van der Waals surface area (Å²) in [5.41, 5.74) is 10.8. The fraction of sp³-hybridized carbons (Fsp3) is 0.408. The number of para-hydroxylation sites is 1. The number of urea groups is 4. The predicted molar refractivity (Wildman–Crippen MR) is 483 cm³/mol. The van der Waals surface area contributed by atoms with Crippen molar-refractivity contribution in [3.8, 4) is 57.1 Å². The van der Waals surface area contributed by atoms with E-state index in [9.17, 15) is 39.6 Å². The number of aliphatic hydroxyl groups is 4. The zero-order chi connectivity index (χ0) is 87.4. The molecule has 0 bridgehead atoms. The molecule has 668 valence electrons. The summed E-state index contributed by atoms with van der Waals surface area (Å²) in [5.74, 6) is 5.23. The van der Waals surface area contributed by atoms with Gasteiger partial charge in [-0.3, -0.25) is 0 Å². The van der Waals surface area contributed by atoms with E-state index in [1.54, 1.807) is 12.1 Å². The highest BCUT2D eigenvalue weighted by atomic mass is 16.6. The number of benzene rings is 9. The second-order valence-electron chi connectivity index (χ2n) is 33.0. The van der Waals surface area contributed by atoms with Gasteiger partial charge in [0.15, 0.2) is 46.0 Å². The molecule has 0 aliphatic carbocycles. The summed E-state index contributed by atoms with van der Waals surface area (Å²) in [6.45, 7) is 19.1. The number of hydrogen-bond donors (Lipinski definition) is 12. The molecule has 28 nitrogen and oxygen atoms in total. The van der Waals surface area contributed by atoms with Gasteiger partial charge in [0, 0.05) is 50.6 Å². The Morgan fingerprint density at radius 1 is 0.294 bits per heavy atom. The Hall–Kier alpha value is -11.9. The Balaban J connectivity index is 0.000000137. The molecule has 8 unspecified atom stereocenters. The fourth-order valence-corrected chi connectivity index (χ4v) is 16.6. The highest BCUT2D eigenvalue weighted by Gasteiger charge is 2.34. The number of hydrogen-bond acceptors (Lipinski definition) is 20. The van der Waals surface area contributed by atoms with Crippen LogP contribution in [0.2, 0.25) is 0 Å². The van der Waals surface area contributed by atoms with E-state index in [1.807, 2.05) is 196 Å². The molecule has 4 saturated heterocycles. The van der Waals surface area contributed by atoms with Crippen LogP contribution in [-0.2, 0) is 13.1 Å². The lowest BCUT2D eigenvalue weighted by atomic mass is 10.0. The number of amides is 8. The van der Waals surface area contributed by atoms with Gasteiger partial charge in [-0.15, -0.1) is 0 Å². The van der Waals surface area contributed by atoms with Gasteiger partial charge < -0.3 is 120 Å². The van der Waals surface area contributed by atoms with Crippen molar-refractivity contribution in [1.29, 1.82) is 0 Å². The highest BCUT2D eigenvalue weighted by Crippen LogP contribution is 2.39. The maximum absolute atomic E-state index is 12.9. The molecule has 9 aromatic carbocycles. The third kappa shape index (κ3) is 26.6. The van der Waals surface area contributed by atoms with E-state index in [-0.39, 0.29) is 24.1 Å². The number of carbonyl (C=O) groups excluding carboxylic acids is 4. The minimum absolute atomic E-state index is 0.290. The van der Waals surface area contributed by atoms with Gasteiger partial charge in [0.05, 0.1) is 24.2 Å². The molecule has 9 aromatic rings. The second-order valence-corrected chi connectivity index (χ2v) is 33.0. The molecule has 8 atom stereocenters. The molecule has 12 N–H and O–H groups in total. The normalized spacial score (nSPS) is 17.6. The van der Waals surface area contributed by atoms with Gasteiger partial charge in [0.25, 0.3) is 0 Å². The Kier molecular flexibility index (Phi) is 32.9. The number of ether oxygens (including phenoxy) is 8. The Bertz CT molecular complexity index is 4800. The fourth-order valence-electron chi connectivity index (χ4n) is 16.6. The van der Waals surface area contributed by atoms with Crippen molar-refractivity contribution in [2.24, 2.45) is 0 Å². The molecule has 0 radical (unpaired) electrons. The van der Waals surface area contributed by atoms with E-state index in [0.717, 1.165) is 126 Å². The van der Waals surface area contributed by atoms with Crippen molar-refractivity contribution < 1.29 is 77.5 Å². The summed E-state index contributed by atoms with van der Waals surface area (Å²) in [6, 6.07) is 61.9. The number of anilines is 2. The van der Waals surface area contributed by atoms with Crippen LogP contribution in [0.15, 0.2) is 206 Å². The van der Waals surface area contributed by atoms with E-state index in [0.29, 0.717) is 172 Å². The predicted octanol–water partition coefficient (Wildman–Crippen LogP) is 12.7. The number of aryl methyl sites for hydroxylation is 2. The first-order valence-electron chi connectivity index (χ1n) is 44.3. The van der Waals surface area contributed by atoms with Gasteiger partial charge in [-0.25, -0.2) is 19.2 Å². The molecule has 8 aliphatic rings. The Morgan fingerprint density at radius 3 is 0.841 bits per heavy atom. The summed E-state index contributed by atoms with van der Waals surface area (Å²) in [5, 5.41) is 68.1. The van der Waals surface area contributed by atoms with Crippen molar-refractivity contribution in [3.05, 3.63) is 251 Å². The van der Waals surface area contributed by atoms with E-state index < -0.39 is 48.6 Å². The monoisotopic (exact) mass is 1720 g/mol. The van der Waals surface area contributed by atoms with E-state index in [2.05, 4.69) is 74.3 Å². The third-order valence-electron chi connectivity index (χ3n) is 23.5. The molecule has 0 saturated carbocycles. The molecular weight excluding hydrogens is 1600 g/mol. The third-order valence-corrected chi connectivity index (χ3v) is 23.5. The molecule has 8 amide bonds. The zero-order valence-corrected chi connectivity index (χ0v) is 71.9. The summed E-state index contributed by atoms with van der Waals surface area (Å²) >= 11 is 0. The lowest BCUT2D eigenvalue weighted by Crippen LogP contribution is -2.49. The number of rotatable bonds is 27. The number of likely N-dealkylation sites (tertiary alicyclic amines) is 4. The quantitative estimate of drug-likeness (QED) is 0.0228. The molecular formula is C98H120N12O16. The molecule has 4 fully saturated rings. The van der Waals surface area contributed by atoms with Crippen molar-refractivity contribution in [2.75, 3.05) is 142 Å². The molecule has 17 rings (SSSR count). The summed E-state index contributed by atoms with van der Waals surface area (Å²) < 4.78 is 45.0. The van der Waals surface area contributed by atoms with Crippen LogP contribution < -0.4 is 80.4 Å². The van der Waals surface area contributed by atoms with Crippen LogP contribution >= 0.6 is 0 Å². The molecule has 0 spiro atoms. The number of nitrogens with one attached hydrogen (secondary N) is 8. The standard InChI is InChI=1S/C28H31N3O4.2C24H31N3O4.C22H27N3O4/c32-27(22-10-13-25-26(18-22)35-17-16-34-25)24(19-31-14-4-5-15-31)30-28(33)29-23-11-8-21(9-12-23)20-6-2-1-3-7-20;2*1-17-4-6-18(7-5-17)15-25-24(29)26-20(16-27-10-2-3-11-27)23(28)19-8-9-21-22(14-19)31-13-12-30-21;26-21(16-8-9-19-20(14-16)29-13-12-28-19)18(15-25-10-4-5-11-25)24-22(27)23-17-6-2-1-3-7-17/h1-3,6-13,18,24,27,32H,4-5,14-17,19H2,(H2,29,30,33);2*4-9,14,20,23,28H,2-3,10-13,15-16H2,1H3,(H2,25,26,29);1-3,6-9,14,18,21,26H,4-5,10-13,15H2,(H2,23,24,27). The number of nitrogens with zero attached hydrogens (tertiary/aromatic N) is 4. The van der Waals surface area contributed by atoms with E-state index >= 15 is 0 Å². The van der Waals surface area contributed by atoms with Gasteiger partial charge in [-0.1, -0.05) is 145 Å². The van der Waals surface area contributed by atoms with Gasteiger partial charge in [0.2, 0.25) is 0 Å². The first-order chi connectivity index (χ1) is 61.5. The Morgan fingerprint density at radius 2 is 0.548 bits per heavy atom. The van der Waals surface area contributed by atoms with Crippen molar-refractivity contribution in [3.63, 3.8) is 0 Å². The largest absolute Gasteiger partial charge is 0.486 e. The van der Waals surface area contributed by atoms with Crippen LogP contribution in [0.4, 0.5) is 30.6 Å². The van der Waals surface area contributed by atoms with Crippen molar-refractivity contribution in [1.82, 2.24) is 51.5 Å². The molecule has 8 heterocycles. The van der Waals surface area contributed by atoms with Gasteiger partial charge in [0.1, 0.15) is 77.3 Å². The van der Waals surface area contributed by atoms with Crippen LogP contribution in [-0.4, -0.2) is 220 Å². The van der Waals surface area contributed by atoms with Gasteiger partial charge in [-0.05, 0) is 235 Å². The number of aliphatic hydroxyl groups excluding tert-OH is 4. The lowest BCUT2D eigenvalue weighted by Gasteiger charge is -2.29. The van der Waals surface area contributed by atoms with E-state index in [1.165, 1.54) is 11.1 Å². The van der Waals surface area contributed by atoms with Crippen molar-refractivity contribution in [2.45, 2.75) is 127 Å². The maximum atomic E-state index is 12.9. The van der Waals surface area contributed by atoms with Gasteiger partial charge in [-0.2, -0.15) is 0 Å². The number of carbonyl (C=O) groups is 4. The summed E-state index contributed by atoms with van der Waals surface area (Å²) in [7, 11) is 0. The molecule has 8 aliphatic heterocycles. The average Bonchev–Trinajstić information content (AvgIpc) is 1.48. The molecule has 28 heteroatoms. The van der Waals surface area contributed by atoms with Crippen LogP contribution in [0.1, 0.15) is 120 Å². The van der Waals surface area contributed by atoms with E-state index in [4.69, 9.17) is 37.9 Å². The summed E-state index contributed by atoms with van der Waals surface area (Å²) in [6.07, 6.45) is 5.65. The van der Waals surface area contributed by atoms with Crippen LogP contribution in [0.3, 0.4) is 0 Å². The molecule has 0 aromatic heterocycles. The average molecular weight is 1720 g/mol. The SMILES string of the molecule is Cc1ccc(CNC(=O)NC(CN2CCCC2)C(O)c2ccc3c(c2)OCCO3)cc1.Cc1ccc(CNC(=O)NC(CN2CCCC2)C(O)c2ccc3c(c2)OCCO3)cc1.O=C(Nc1ccc(-c2ccccc2)cc1)NC(CN1CCCC1)C(O)c1ccc2c(c1)OCCO2.O=C(Nc1ccccc1)NC(CN1CCCC1)C(O)c1ccc2c(c1)OCCO2. The molecule has 126 heavy (non-hydrogen) atoms. The maximum Gasteiger partial charge on any atom is 0.319 e. The first-order valence-corrected chi connectivity index (χ1v) is 44.3. The lowest BCUT2D eigenvalue weighted by molar-refractivity contribution is 0.108. The zero-order valence-electron chi connectivity index (χ0n) is 71.9. The topological polar surface area (TPSA) is 332 Å². The van der Waals surface area contributed by atoms with Crippen LogP contribution in [0, 0.1) is 13.8 Å². The minimum Gasteiger partial charge on any atom is -0.486 e. The van der Waals surface area contributed by atoms with Gasteiger partial charge >= 0.3 is 24.1 Å². The smallest absolute Gasteiger partial charge is 0.319 e. The highest BCUT2D eigenvalue weighted by molar-refractivity contribution is 5.90. The second kappa shape index (κ2) is 45.9. The minimum atomic E-state index is -0.891. The van der Waals surface area contributed by atoms with Crippen LogP contribution in [0.25, 0.3) is 11.1 Å². The van der Waals surface area contributed by atoms with Crippen molar-refractivity contribution >= 4 is 35.5 Å². The Labute approximate surface area is 737 Å². The van der Waals surface area contributed by atoms with Crippen LogP contribution in [0.5, 0.6) is 46.0 Å². The first kappa shape index (κ1) is 90.4. The summed E-state index contributed by atoms with van der Waals surface area (Å²) in [4.78, 5) is 59.9.